The van der Waals surface area contributed by atoms with Gasteiger partial charge in [0.15, 0.2) is 5.78 Å². The number of benzene rings is 2. The summed E-state index contributed by atoms with van der Waals surface area (Å²) in [7, 11) is 0. The summed E-state index contributed by atoms with van der Waals surface area (Å²) in [4.78, 5) is 11.9. The number of hydrogen-bond acceptors (Lipinski definition) is 2. The Kier molecular flexibility index (Phi) is 2.85. The number of fused-ring (bicyclic) bond motifs is 1. The topological polar surface area (TPSA) is 26.3 Å². The Morgan fingerprint density at radius 1 is 0.944 bits per heavy atom. The lowest BCUT2D eigenvalue weighted by molar-refractivity contribution is 0.0983. The third-order valence-electron chi connectivity index (χ3n) is 3.19. The van der Waals surface area contributed by atoms with Crippen LogP contribution in [0.1, 0.15) is 23.2 Å². The highest BCUT2D eigenvalue weighted by molar-refractivity contribution is 5.99. The minimum atomic E-state index is 0.183. The number of carbonyl (C=O) groups is 1. The Hall–Kier alpha value is -2.09. The molecule has 0 unspecified atom stereocenters. The highest BCUT2D eigenvalue weighted by atomic mass is 16.5. The van der Waals surface area contributed by atoms with Crippen LogP contribution in [0.5, 0.6) is 5.75 Å². The van der Waals surface area contributed by atoms with Crippen molar-refractivity contribution in [2.75, 3.05) is 6.61 Å². The standard InChI is InChI=1S/C16H14O2/c17-15-7-4-10-18-16-11-13(8-9-14(15)16)12-5-2-1-3-6-12/h1-3,5-6,8-9,11H,4,7,10H2. The Morgan fingerprint density at radius 3 is 2.61 bits per heavy atom. The Bertz CT molecular complexity index is 573. The average Bonchev–Trinajstić information content (AvgIpc) is 2.61. The van der Waals surface area contributed by atoms with Gasteiger partial charge in [-0.05, 0) is 29.7 Å². The van der Waals surface area contributed by atoms with Gasteiger partial charge >= 0.3 is 0 Å². The van der Waals surface area contributed by atoms with E-state index in [-0.39, 0.29) is 5.78 Å². The molecule has 0 spiro atoms. The van der Waals surface area contributed by atoms with Gasteiger partial charge in [-0.2, -0.15) is 0 Å². The number of ketones is 1. The molecule has 0 amide bonds. The van der Waals surface area contributed by atoms with Crippen LogP contribution >= 0.6 is 0 Å². The van der Waals surface area contributed by atoms with Crippen LogP contribution in [0.3, 0.4) is 0 Å². The second-order valence-corrected chi connectivity index (χ2v) is 4.45. The van der Waals surface area contributed by atoms with Gasteiger partial charge < -0.3 is 4.74 Å². The van der Waals surface area contributed by atoms with E-state index < -0.39 is 0 Å². The van der Waals surface area contributed by atoms with Crippen molar-refractivity contribution in [3.8, 4) is 16.9 Å². The van der Waals surface area contributed by atoms with Crippen molar-refractivity contribution in [1.82, 2.24) is 0 Å². The second-order valence-electron chi connectivity index (χ2n) is 4.45. The molecule has 2 heteroatoms. The molecule has 0 aromatic heterocycles. The van der Waals surface area contributed by atoms with Gasteiger partial charge in [0.25, 0.3) is 0 Å². The Morgan fingerprint density at radius 2 is 1.78 bits per heavy atom. The highest BCUT2D eigenvalue weighted by Crippen LogP contribution is 2.30. The molecule has 0 radical (unpaired) electrons. The Balaban J connectivity index is 2.06. The molecule has 2 nitrogen and oxygen atoms in total. The number of rotatable bonds is 1. The Labute approximate surface area is 106 Å². The fourth-order valence-corrected chi connectivity index (χ4v) is 2.23. The molecular weight excluding hydrogens is 224 g/mol. The maximum absolute atomic E-state index is 11.9. The first kappa shape index (κ1) is 11.0. The number of Topliss-reactive ketones (excluding diaryl/α,β-unsaturated/α-hetero) is 1. The summed E-state index contributed by atoms with van der Waals surface area (Å²) in [5.41, 5.74) is 2.94. The van der Waals surface area contributed by atoms with Crippen molar-refractivity contribution in [3.63, 3.8) is 0 Å². The third kappa shape index (κ3) is 2.02. The van der Waals surface area contributed by atoms with Crippen LogP contribution in [0.25, 0.3) is 11.1 Å². The summed E-state index contributed by atoms with van der Waals surface area (Å²) in [5.74, 6) is 0.904. The number of carbonyl (C=O) groups excluding carboxylic acids is 1. The second kappa shape index (κ2) is 4.65. The van der Waals surface area contributed by atoms with Crippen molar-refractivity contribution in [2.45, 2.75) is 12.8 Å². The van der Waals surface area contributed by atoms with Crippen LogP contribution in [-0.4, -0.2) is 12.4 Å². The van der Waals surface area contributed by atoms with E-state index in [1.54, 1.807) is 0 Å². The fraction of sp³-hybridized carbons (Fsp3) is 0.188. The van der Waals surface area contributed by atoms with Gasteiger partial charge in [0.1, 0.15) is 5.75 Å². The number of ether oxygens (including phenoxy) is 1. The minimum Gasteiger partial charge on any atom is -0.493 e. The first-order chi connectivity index (χ1) is 8.84. The fourth-order valence-electron chi connectivity index (χ4n) is 2.23. The zero-order chi connectivity index (χ0) is 12.4. The predicted octanol–water partition coefficient (Wildman–Crippen LogP) is 3.71. The largest absolute Gasteiger partial charge is 0.493 e. The maximum Gasteiger partial charge on any atom is 0.166 e. The van der Waals surface area contributed by atoms with E-state index in [9.17, 15) is 4.79 Å². The summed E-state index contributed by atoms with van der Waals surface area (Å²) in [6.45, 7) is 0.622. The first-order valence-corrected chi connectivity index (χ1v) is 6.20. The van der Waals surface area contributed by atoms with Crippen LogP contribution < -0.4 is 4.74 Å². The monoisotopic (exact) mass is 238 g/mol. The van der Waals surface area contributed by atoms with Crippen LogP contribution in [0.15, 0.2) is 48.5 Å². The summed E-state index contributed by atoms with van der Waals surface area (Å²) in [6.07, 6.45) is 1.38. The predicted molar refractivity (Wildman–Crippen MR) is 70.9 cm³/mol. The zero-order valence-corrected chi connectivity index (χ0v) is 10.1. The summed E-state index contributed by atoms with van der Waals surface area (Å²) < 4.78 is 5.66. The molecule has 0 atom stereocenters. The van der Waals surface area contributed by atoms with E-state index in [4.69, 9.17) is 4.74 Å². The average molecular weight is 238 g/mol. The molecule has 90 valence electrons. The van der Waals surface area contributed by atoms with Gasteiger partial charge in [-0.3, -0.25) is 4.79 Å². The van der Waals surface area contributed by atoms with Crippen LogP contribution in [0, 0.1) is 0 Å². The van der Waals surface area contributed by atoms with E-state index in [1.807, 2.05) is 36.4 Å². The van der Waals surface area contributed by atoms with E-state index in [2.05, 4.69) is 12.1 Å². The van der Waals surface area contributed by atoms with Gasteiger partial charge in [0, 0.05) is 6.42 Å². The molecule has 3 rings (SSSR count). The molecular formula is C16H14O2. The third-order valence-corrected chi connectivity index (χ3v) is 3.19. The molecule has 1 aliphatic rings. The normalized spacial score (nSPS) is 14.6. The molecule has 0 N–H and O–H groups in total. The zero-order valence-electron chi connectivity index (χ0n) is 10.1. The summed E-state index contributed by atoms with van der Waals surface area (Å²) in [5, 5.41) is 0. The maximum atomic E-state index is 11.9. The van der Waals surface area contributed by atoms with Crippen molar-refractivity contribution in [3.05, 3.63) is 54.1 Å². The van der Waals surface area contributed by atoms with E-state index in [0.717, 1.165) is 23.3 Å². The molecule has 0 fully saturated rings. The van der Waals surface area contributed by atoms with Crippen LogP contribution in [-0.2, 0) is 0 Å². The summed E-state index contributed by atoms with van der Waals surface area (Å²) >= 11 is 0. The van der Waals surface area contributed by atoms with Crippen molar-refractivity contribution >= 4 is 5.78 Å². The van der Waals surface area contributed by atoms with Gasteiger partial charge in [-0.1, -0.05) is 36.4 Å². The van der Waals surface area contributed by atoms with Crippen LogP contribution in [0.2, 0.25) is 0 Å². The minimum absolute atomic E-state index is 0.183. The van der Waals surface area contributed by atoms with Crippen molar-refractivity contribution < 1.29 is 9.53 Å². The molecule has 2 aromatic rings. The quantitative estimate of drug-likeness (QED) is 0.757. The first-order valence-electron chi connectivity index (χ1n) is 6.20. The molecule has 1 heterocycles. The lowest BCUT2D eigenvalue weighted by atomic mass is 10.0. The molecule has 0 saturated carbocycles. The molecule has 18 heavy (non-hydrogen) atoms. The summed E-state index contributed by atoms with van der Waals surface area (Å²) in [6, 6.07) is 16.0. The van der Waals surface area contributed by atoms with Gasteiger partial charge in [0.2, 0.25) is 0 Å². The smallest absolute Gasteiger partial charge is 0.166 e. The van der Waals surface area contributed by atoms with E-state index in [0.29, 0.717) is 18.6 Å². The molecule has 0 aliphatic carbocycles. The van der Waals surface area contributed by atoms with Crippen molar-refractivity contribution in [2.24, 2.45) is 0 Å². The van der Waals surface area contributed by atoms with Gasteiger partial charge in [-0.25, -0.2) is 0 Å². The van der Waals surface area contributed by atoms with E-state index >= 15 is 0 Å². The molecule has 1 aliphatic heterocycles. The molecule has 2 aromatic carbocycles. The van der Waals surface area contributed by atoms with Crippen LogP contribution in [0.4, 0.5) is 0 Å². The van der Waals surface area contributed by atoms with Gasteiger partial charge in [-0.15, -0.1) is 0 Å². The van der Waals surface area contributed by atoms with Crippen molar-refractivity contribution in [1.29, 1.82) is 0 Å². The lowest BCUT2D eigenvalue weighted by Crippen LogP contribution is -1.97. The molecule has 0 saturated heterocycles. The lowest BCUT2D eigenvalue weighted by Gasteiger charge is -2.09. The molecule has 0 bridgehead atoms. The van der Waals surface area contributed by atoms with E-state index in [1.165, 1.54) is 0 Å². The number of hydrogen-bond donors (Lipinski definition) is 0. The van der Waals surface area contributed by atoms with Gasteiger partial charge in [0.05, 0.1) is 12.2 Å². The SMILES string of the molecule is O=C1CCCOc2cc(-c3ccccc3)ccc21. The highest BCUT2D eigenvalue weighted by Gasteiger charge is 2.16.